The minimum absolute atomic E-state index is 0.344. The van der Waals surface area contributed by atoms with Crippen molar-refractivity contribution in [2.45, 2.75) is 0 Å². The molecule has 3 aromatic rings. The summed E-state index contributed by atoms with van der Waals surface area (Å²) < 4.78 is 0. The molecule has 0 aromatic heterocycles. The lowest BCUT2D eigenvalue weighted by atomic mass is 10.0. The van der Waals surface area contributed by atoms with Crippen LogP contribution in [0.25, 0.3) is 22.9 Å². The monoisotopic (exact) mass is 381 g/mol. The molecule has 130 valence electrons. The van der Waals surface area contributed by atoms with Crippen LogP contribution in [0.3, 0.4) is 0 Å². The highest BCUT2D eigenvalue weighted by molar-refractivity contribution is 6.42. The molecule has 0 amide bonds. The summed E-state index contributed by atoms with van der Waals surface area (Å²) in [5.41, 5.74) is 4.04. The predicted molar refractivity (Wildman–Crippen MR) is 113 cm³/mol. The standard InChI is InChI=1S/C21H17Cl2N3/c1-25(2)21(24)26(15-8-10-17(22)18(23)12-15)19-11-7-14-5-3-4-13-6-9-16(19)20(13)14/h3-12,24H,1-2H3. The molecule has 3 nitrogen and oxygen atoms in total. The Balaban J connectivity index is 1.96. The third-order valence-electron chi connectivity index (χ3n) is 4.56. The molecule has 1 aliphatic rings. The van der Waals surface area contributed by atoms with E-state index in [0.29, 0.717) is 16.0 Å². The first kappa shape index (κ1) is 17.0. The van der Waals surface area contributed by atoms with Gasteiger partial charge < -0.3 is 4.90 Å². The van der Waals surface area contributed by atoms with E-state index in [1.54, 1.807) is 17.0 Å². The van der Waals surface area contributed by atoms with E-state index in [2.05, 4.69) is 42.5 Å². The quantitative estimate of drug-likeness (QED) is 0.327. The third kappa shape index (κ3) is 2.64. The molecule has 26 heavy (non-hydrogen) atoms. The molecule has 0 saturated carbocycles. The number of hydrogen-bond donors (Lipinski definition) is 1. The van der Waals surface area contributed by atoms with Crippen molar-refractivity contribution < 1.29 is 0 Å². The van der Waals surface area contributed by atoms with Crippen molar-refractivity contribution in [1.29, 1.82) is 5.41 Å². The first-order chi connectivity index (χ1) is 12.5. The second-order valence-corrected chi connectivity index (χ2v) is 7.24. The van der Waals surface area contributed by atoms with Crippen LogP contribution in [0.4, 0.5) is 11.4 Å². The van der Waals surface area contributed by atoms with Gasteiger partial charge in [-0.25, -0.2) is 0 Å². The second-order valence-electron chi connectivity index (χ2n) is 6.43. The zero-order valence-corrected chi connectivity index (χ0v) is 15.9. The number of rotatable bonds is 2. The largest absolute Gasteiger partial charge is 0.349 e. The van der Waals surface area contributed by atoms with Crippen molar-refractivity contribution in [3.63, 3.8) is 0 Å². The van der Waals surface area contributed by atoms with E-state index >= 15 is 0 Å². The highest BCUT2D eigenvalue weighted by atomic mass is 35.5. The molecule has 1 N–H and O–H groups in total. The van der Waals surface area contributed by atoms with E-state index in [-0.39, 0.29) is 0 Å². The zero-order chi connectivity index (χ0) is 18.4. The molecular formula is C21H17Cl2N3. The molecule has 0 bridgehead atoms. The minimum atomic E-state index is 0.344. The second kappa shape index (κ2) is 6.35. The van der Waals surface area contributed by atoms with E-state index in [0.717, 1.165) is 16.9 Å². The molecular weight excluding hydrogens is 365 g/mol. The lowest BCUT2D eigenvalue weighted by Gasteiger charge is -2.30. The number of halogens is 2. The Labute approximate surface area is 162 Å². The van der Waals surface area contributed by atoms with Gasteiger partial charge in [0.25, 0.3) is 0 Å². The Morgan fingerprint density at radius 3 is 2.46 bits per heavy atom. The Hall–Kier alpha value is -2.49. The topological polar surface area (TPSA) is 30.3 Å². The summed E-state index contributed by atoms with van der Waals surface area (Å²) >= 11 is 12.3. The van der Waals surface area contributed by atoms with Gasteiger partial charge in [0, 0.05) is 19.7 Å². The van der Waals surface area contributed by atoms with Gasteiger partial charge in [-0.3, -0.25) is 10.3 Å². The van der Waals surface area contributed by atoms with Crippen molar-refractivity contribution >= 4 is 63.5 Å². The summed E-state index contributed by atoms with van der Waals surface area (Å²) in [7, 11) is 3.71. The summed E-state index contributed by atoms with van der Waals surface area (Å²) in [4.78, 5) is 3.66. The number of anilines is 2. The average molecular weight is 382 g/mol. The van der Waals surface area contributed by atoms with Crippen LogP contribution in [0.15, 0.2) is 48.5 Å². The van der Waals surface area contributed by atoms with Crippen LogP contribution >= 0.6 is 23.2 Å². The maximum absolute atomic E-state index is 8.65. The van der Waals surface area contributed by atoms with Crippen LogP contribution in [0, 0.1) is 5.41 Å². The fourth-order valence-corrected chi connectivity index (χ4v) is 3.59. The molecule has 3 aromatic carbocycles. The molecule has 0 aliphatic heterocycles. The fraction of sp³-hybridized carbons (Fsp3) is 0.0952. The highest BCUT2D eigenvalue weighted by Gasteiger charge is 2.23. The number of nitrogens with one attached hydrogen (secondary N) is 1. The summed E-state index contributed by atoms with van der Waals surface area (Å²) in [6, 6.07) is 15.9. The Morgan fingerprint density at radius 2 is 1.73 bits per heavy atom. The number of guanidine groups is 1. The third-order valence-corrected chi connectivity index (χ3v) is 5.30. The SMILES string of the molecule is CN(C)C(=N)N(c1ccc(Cl)c(Cl)c1)c1ccc2cccc3c2c1C=C3. The van der Waals surface area contributed by atoms with Crippen molar-refractivity contribution in [3.8, 4) is 0 Å². The molecule has 0 fully saturated rings. The molecule has 1 aliphatic carbocycles. The summed E-state index contributed by atoms with van der Waals surface area (Å²) in [5.74, 6) is 0.344. The average Bonchev–Trinajstić information content (AvgIpc) is 3.06. The molecule has 0 atom stereocenters. The maximum Gasteiger partial charge on any atom is 0.202 e. The minimum Gasteiger partial charge on any atom is -0.349 e. The van der Waals surface area contributed by atoms with Crippen LogP contribution in [-0.2, 0) is 0 Å². The normalized spacial score (nSPS) is 11.8. The van der Waals surface area contributed by atoms with Crippen LogP contribution in [0.2, 0.25) is 10.0 Å². The van der Waals surface area contributed by atoms with Crippen molar-refractivity contribution in [2.24, 2.45) is 0 Å². The molecule has 0 radical (unpaired) electrons. The summed E-state index contributed by atoms with van der Waals surface area (Å²) in [6.45, 7) is 0. The van der Waals surface area contributed by atoms with Crippen LogP contribution < -0.4 is 4.90 Å². The highest BCUT2D eigenvalue weighted by Crippen LogP contribution is 2.41. The lowest BCUT2D eigenvalue weighted by molar-refractivity contribution is 0.606. The lowest BCUT2D eigenvalue weighted by Crippen LogP contribution is -2.37. The van der Waals surface area contributed by atoms with E-state index < -0.39 is 0 Å². The van der Waals surface area contributed by atoms with Crippen LogP contribution in [0.5, 0.6) is 0 Å². The van der Waals surface area contributed by atoms with Gasteiger partial charge in [0.15, 0.2) is 0 Å². The number of nitrogens with zero attached hydrogens (tertiary/aromatic N) is 2. The van der Waals surface area contributed by atoms with Gasteiger partial charge in [-0.15, -0.1) is 0 Å². The van der Waals surface area contributed by atoms with E-state index in [4.69, 9.17) is 28.6 Å². The molecule has 0 spiro atoms. The molecule has 4 rings (SSSR count). The summed E-state index contributed by atoms with van der Waals surface area (Å²) in [6.07, 6.45) is 4.23. The number of hydrogen-bond acceptors (Lipinski definition) is 1. The predicted octanol–water partition coefficient (Wildman–Crippen LogP) is 6.26. The smallest absolute Gasteiger partial charge is 0.202 e. The first-order valence-electron chi connectivity index (χ1n) is 8.22. The fourth-order valence-electron chi connectivity index (χ4n) is 3.30. The maximum atomic E-state index is 8.65. The van der Waals surface area contributed by atoms with Crippen molar-refractivity contribution in [2.75, 3.05) is 19.0 Å². The van der Waals surface area contributed by atoms with Crippen molar-refractivity contribution in [1.82, 2.24) is 4.90 Å². The number of benzene rings is 3. The van der Waals surface area contributed by atoms with Gasteiger partial charge >= 0.3 is 0 Å². The van der Waals surface area contributed by atoms with E-state index in [1.165, 1.54) is 16.3 Å². The van der Waals surface area contributed by atoms with Crippen molar-refractivity contribution in [3.05, 3.63) is 69.7 Å². The van der Waals surface area contributed by atoms with E-state index in [1.807, 2.05) is 25.1 Å². The van der Waals surface area contributed by atoms with E-state index in [9.17, 15) is 0 Å². The van der Waals surface area contributed by atoms with Crippen LogP contribution in [-0.4, -0.2) is 25.0 Å². The molecule has 0 heterocycles. The van der Waals surface area contributed by atoms with Gasteiger partial charge in [-0.2, -0.15) is 0 Å². The van der Waals surface area contributed by atoms with Gasteiger partial charge in [0.05, 0.1) is 21.4 Å². The van der Waals surface area contributed by atoms with Gasteiger partial charge in [0.2, 0.25) is 5.96 Å². The van der Waals surface area contributed by atoms with Gasteiger partial charge in [-0.05, 0) is 40.6 Å². The summed E-state index contributed by atoms with van der Waals surface area (Å²) in [5, 5.41) is 12.0. The molecule has 0 saturated heterocycles. The Bertz CT molecular complexity index is 1070. The van der Waals surface area contributed by atoms with Gasteiger partial charge in [0.1, 0.15) is 0 Å². The van der Waals surface area contributed by atoms with Crippen LogP contribution in [0.1, 0.15) is 11.1 Å². The Morgan fingerprint density at radius 1 is 0.923 bits per heavy atom. The zero-order valence-electron chi connectivity index (χ0n) is 14.4. The first-order valence-corrected chi connectivity index (χ1v) is 8.98. The molecule has 0 unspecified atom stereocenters. The van der Waals surface area contributed by atoms with Gasteiger partial charge in [-0.1, -0.05) is 59.6 Å². The Kier molecular flexibility index (Phi) is 4.14. The molecule has 5 heteroatoms.